The van der Waals surface area contributed by atoms with E-state index in [9.17, 15) is 19.7 Å². The number of carbonyl (C=O) groups is 2. The number of nitrogens with one attached hydrogen (secondary N) is 1. The fraction of sp³-hybridized carbons (Fsp3) is 0.0667. The second-order valence-electron chi connectivity index (χ2n) is 4.43. The van der Waals surface area contributed by atoms with Gasteiger partial charge in [-0.3, -0.25) is 25.1 Å². The SMILES string of the molecule is CC(=O)N(NC(=O)c1ccc([N+](=O)[O-])cc1)c1ccccc1. The van der Waals surface area contributed by atoms with Crippen molar-refractivity contribution in [1.29, 1.82) is 0 Å². The Balaban J connectivity index is 2.18. The number of anilines is 1. The summed E-state index contributed by atoms with van der Waals surface area (Å²) in [5, 5.41) is 11.7. The van der Waals surface area contributed by atoms with Gasteiger partial charge in [0.2, 0.25) is 5.91 Å². The van der Waals surface area contributed by atoms with Crippen molar-refractivity contribution in [3.8, 4) is 0 Å². The minimum Gasteiger partial charge on any atom is -0.273 e. The van der Waals surface area contributed by atoms with Gasteiger partial charge in [-0.1, -0.05) is 18.2 Å². The van der Waals surface area contributed by atoms with E-state index >= 15 is 0 Å². The molecule has 0 saturated carbocycles. The molecule has 0 aromatic heterocycles. The molecule has 7 nitrogen and oxygen atoms in total. The molecule has 0 saturated heterocycles. The Morgan fingerprint density at radius 3 is 2.14 bits per heavy atom. The van der Waals surface area contributed by atoms with Crippen LogP contribution in [0.1, 0.15) is 17.3 Å². The van der Waals surface area contributed by atoms with Crippen LogP contribution in [0.5, 0.6) is 0 Å². The predicted octanol–water partition coefficient (Wildman–Crippen LogP) is 2.29. The number of rotatable bonds is 3. The Morgan fingerprint density at radius 1 is 1.05 bits per heavy atom. The summed E-state index contributed by atoms with van der Waals surface area (Å²) in [6, 6.07) is 13.8. The Morgan fingerprint density at radius 2 is 1.64 bits per heavy atom. The predicted molar refractivity (Wildman–Crippen MR) is 80.2 cm³/mol. The Hall–Kier alpha value is -3.22. The molecular formula is C15H13N3O4. The molecule has 0 aliphatic carbocycles. The number of carbonyl (C=O) groups excluding carboxylic acids is 2. The number of hydrogen-bond acceptors (Lipinski definition) is 4. The van der Waals surface area contributed by atoms with Crippen molar-refractivity contribution in [2.45, 2.75) is 6.92 Å². The van der Waals surface area contributed by atoms with E-state index < -0.39 is 10.8 Å². The third-order valence-electron chi connectivity index (χ3n) is 2.88. The van der Waals surface area contributed by atoms with E-state index in [1.54, 1.807) is 30.3 Å². The standard InChI is InChI=1S/C15H13N3O4/c1-11(19)17(13-5-3-2-4-6-13)16-15(20)12-7-9-14(10-8-12)18(21)22/h2-10H,1H3,(H,16,20). The Kier molecular flexibility index (Phi) is 4.47. The second kappa shape index (κ2) is 6.49. The van der Waals surface area contributed by atoms with Gasteiger partial charge >= 0.3 is 0 Å². The maximum absolute atomic E-state index is 12.1. The zero-order valence-corrected chi connectivity index (χ0v) is 11.7. The summed E-state index contributed by atoms with van der Waals surface area (Å²) in [5.41, 5.74) is 3.10. The van der Waals surface area contributed by atoms with Crippen LogP contribution in [-0.4, -0.2) is 16.7 Å². The molecule has 0 radical (unpaired) electrons. The van der Waals surface area contributed by atoms with E-state index in [1.165, 1.54) is 31.2 Å². The number of para-hydroxylation sites is 1. The van der Waals surface area contributed by atoms with Crippen molar-refractivity contribution in [3.05, 3.63) is 70.3 Å². The number of benzene rings is 2. The average Bonchev–Trinajstić information content (AvgIpc) is 2.53. The highest BCUT2D eigenvalue weighted by molar-refractivity contribution is 6.00. The van der Waals surface area contributed by atoms with Crippen molar-refractivity contribution >= 4 is 23.2 Å². The van der Waals surface area contributed by atoms with E-state index in [-0.39, 0.29) is 17.2 Å². The van der Waals surface area contributed by atoms with Gasteiger partial charge in [-0.2, -0.15) is 0 Å². The summed E-state index contributed by atoms with van der Waals surface area (Å²) in [6.07, 6.45) is 0. The topological polar surface area (TPSA) is 92.6 Å². The number of nitro benzene ring substituents is 1. The Bertz CT molecular complexity index is 698. The normalized spacial score (nSPS) is 9.86. The van der Waals surface area contributed by atoms with Crippen LogP contribution in [0.2, 0.25) is 0 Å². The van der Waals surface area contributed by atoms with Crippen LogP contribution in [0.15, 0.2) is 54.6 Å². The lowest BCUT2D eigenvalue weighted by atomic mass is 10.2. The van der Waals surface area contributed by atoms with Crippen LogP contribution in [0.4, 0.5) is 11.4 Å². The first-order valence-corrected chi connectivity index (χ1v) is 6.40. The summed E-state index contributed by atoms with van der Waals surface area (Å²) >= 11 is 0. The molecule has 0 aliphatic rings. The van der Waals surface area contributed by atoms with Gasteiger partial charge in [0, 0.05) is 24.6 Å². The lowest BCUT2D eigenvalue weighted by molar-refractivity contribution is -0.384. The zero-order valence-electron chi connectivity index (χ0n) is 11.7. The summed E-state index contributed by atoms with van der Waals surface area (Å²) in [7, 11) is 0. The smallest absolute Gasteiger partial charge is 0.270 e. The van der Waals surface area contributed by atoms with E-state index in [0.717, 1.165) is 5.01 Å². The first-order chi connectivity index (χ1) is 10.5. The number of hydrogen-bond donors (Lipinski definition) is 1. The van der Waals surface area contributed by atoms with Gasteiger partial charge in [-0.05, 0) is 24.3 Å². The molecule has 2 amide bonds. The number of hydrazine groups is 1. The van der Waals surface area contributed by atoms with E-state index in [0.29, 0.717) is 5.69 Å². The minimum absolute atomic E-state index is 0.108. The summed E-state index contributed by atoms with van der Waals surface area (Å²) in [5.74, 6) is -0.893. The fourth-order valence-corrected chi connectivity index (χ4v) is 1.80. The molecule has 7 heteroatoms. The van der Waals surface area contributed by atoms with Gasteiger partial charge in [0.25, 0.3) is 11.6 Å². The first kappa shape index (κ1) is 15.2. The van der Waals surface area contributed by atoms with Crippen molar-refractivity contribution < 1.29 is 14.5 Å². The van der Waals surface area contributed by atoms with E-state index in [4.69, 9.17) is 0 Å². The fourth-order valence-electron chi connectivity index (χ4n) is 1.80. The maximum Gasteiger partial charge on any atom is 0.270 e. The van der Waals surface area contributed by atoms with E-state index in [1.807, 2.05) is 0 Å². The molecule has 0 atom stereocenters. The molecule has 0 unspecified atom stereocenters. The molecular weight excluding hydrogens is 286 g/mol. The van der Waals surface area contributed by atoms with Crippen LogP contribution in [0.3, 0.4) is 0 Å². The highest BCUT2D eigenvalue weighted by atomic mass is 16.6. The quantitative estimate of drug-likeness (QED) is 0.695. The van der Waals surface area contributed by atoms with Gasteiger partial charge in [0.1, 0.15) is 0 Å². The molecule has 0 fully saturated rings. The van der Waals surface area contributed by atoms with Gasteiger partial charge in [-0.25, -0.2) is 5.01 Å². The van der Waals surface area contributed by atoms with Crippen molar-refractivity contribution in [3.63, 3.8) is 0 Å². The van der Waals surface area contributed by atoms with Crippen LogP contribution < -0.4 is 10.4 Å². The van der Waals surface area contributed by atoms with Crippen molar-refractivity contribution in [1.82, 2.24) is 5.43 Å². The van der Waals surface area contributed by atoms with Gasteiger partial charge in [0.05, 0.1) is 10.6 Å². The third kappa shape index (κ3) is 3.45. The molecule has 0 bridgehead atoms. The number of nitrogens with zero attached hydrogens (tertiary/aromatic N) is 2. The van der Waals surface area contributed by atoms with Gasteiger partial charge in [0.15, 0.2) is 0 Å². The zero-order chi connectivity index (χ0) is 16.1. The highest BCUT2D eigenvalue weighted by Gasteiger charge is 2.16. The molecule has 2 aromatic carbocycles. The first-order valence-electron chi connectivity index (χ1n) is 6.40. The van der Waals surface area contributed by atoms with Gasteiger partial charge in [-0.15, -0.1) is 0 Å². The lowest BCUT2D eigenvalue weighted by Gasteiger charge is -2.21. The molecule has 112 valence electrons. The lowest BCUT2D eigenvalue weighted by Crippen LogP contribution is -2.45. The summed E-state index contributed by atoms with van der Waals surface area (Å²) in [6.45, 7) is 1.32. The Labute approximate surface area is 126 Å². The molecule has 1 N–H and O–H groups in total. The molecule has 22 heavy (non-hydrogen) atoms. The summed E-state index contributed by atoms with van der Waals surface area (Å²) < 4.78 is 0. The minimum atomic E-state index is -0.548. The monoisotopic (exact) mass is 299 g/mol. The van der Waals surface area contributed by atoms with Crippen LogP contribution in [0, 0.1) is 10.1 Å². The summed E-state index contributed by atoms with van der Waals surface area (Å²) in [4.78, 5) is 33.9. The number of nitro groups is 1. The van der Waals surface area contributed by atoms with Crippen LogP contribution in [-0.2, 0) is 4.79 Å². The van der Waals surface area contributed by atoms with E-state index in [2.05, 4.69) is 5.43 Å². The molecule has 0 spiro atoms. The molecule has 2 rings (SSSR count). The van der Waals surface area contributed by atoms with Crippen molar-refractivity contribution in [2.24, 2.45) is 0 Å². The average molecular weight is 299 g/mol. The largest absolute Gasteiger partial charge is 0.273 e. The molecule has 2 aromatic rings. The number of amides is 2. The second-order valence-corrected chi connectivity index (χ2v) is 4.43. The van der Waals surface area contributed by atoms with Gasteiger partial charge < -0.3 is 0 Å². The van der Waals surface area contributed by atoms with Crippen LogP contribution >= 0.6 is 0 Å². The highest BCUT2D eigenvalue weighted by Crippen LogP contribution is 2.14. The van der Waals surface area contributed by atoms with Crippen LogP contribution in [0.25, 0.3) is 0 Å². The number of non-ortho nitro benzene ring substituents is 1. The molecule has 0 aliphatic heterocycles. The third-order valence-corrected chi connectivity index (χ3v) is 2.88. The van der Waals surface area contributed by atoms with Crippen molar-refractivity contribution in [2.75, 3.05) is 5.01 Å². The maximum atomic E-state index is 12.1. The molecule has 0 heterocycles.